The molecular weight excluding hydrogens is 176 g/mol. The second kappa shape index (κ2) is 4.45. The van der Waals surface area contributed by atoms with Gasteiger partial charge in [-0.25, -0.2) is 0 Å². The first-order chi connectivity index (χ1) is 6.64. The first-order valence-corrected chi connectivity index (χ1v) is 5.44. The summed E-state index contributed by atoms with van der Waals surface area (Å²) in [5.41, 5.74) is 0.0967. The lowest BCUT2D eigenvalue weighted by atomic mass is 9.80. The third-order valence-corrected chi connectivity index (χ3v) is 3.46. The molecular formula is C12H22O2. The van der Waals surface area contributed by atoms with E-state index in [1.54, 1.807) is 7.11 Å². The van der Waals surface area contributed by atoms with Gasteiger partial charge in [-0.3, -0.25) is 0 Å². The van der Waals surface area contributed by atoms with Crippen LogP contribution in [0.3, 0.4) is 0 Å². The Kier molecular flexibility index (Phi) is 3.73. The van der Waals surface area contributed by atoms with Gasteiger partial charge in [-0.15, -0.1) is 6.58 Å². The number of hydrogen-bond acceptors (Lipinski definition) is 2. The van der Waals surface area contributed by atoms with Gasteiger partial charge >= 0.3 is 0 Å². The maximum absolute atomic E-state index is 5.84. The number of rotatable bonds is 5. The Morgan fingerprint density at radius 3 is 2.64 bits per heavy atom. The summed E-state index contributed by atoms with van der Waals surface area (Å²) in [7, 11) is 1.75. The van der Waals surface area contributed by atoms with E-state index in [2.05, 4.69) is 13.5 Å². The summed E-state index contributed by atoms with van der Waals surface area (Å²) >= 11 is 0. The Labute approximate surface area is 87.3 Å². The fraction of sp³-hybridized carbons (Fsp3) is 0.833. The van der Waals surface area contributed by atoms with Crippen molar-refractivity contribution in [3.05, 3.63) is 12.7 Å². The molecule has 0 aliphatic heterocycles. The molecule has 1 fully saturated rings. The van der Waals surface area contributed by atoms with Gasteiger partial charge < -0.3 is 9.47 Å². The zero-order valence-corrected chi connectivity index (χ0v) is 9.64. The predicted molar refractivity (Wildman–Crippen MR) is 58.1 cm³/mol. The summed E-state index contributed by atoms with van der Waals surface area (Å²) in [6.07, 6.45) is 6.27. The van der Waals surface area contributed by atoms with Gasteiger partial charge in [0.25, 0.3) is 0 Å². The van der Waals surface area contributed by atoms with Gasteiger partial charge in [0.2, 0.25) is 0 Å². The summed E-state index contributed by atoms with van der Waals surface area (Å²) in [5, 5.41) is 0. The number of allylic oxidation sites excluding steroid dienone is 1. The van der Waals surface area contributed by atoms with Crippen LogP contribution in [0.5, 0.6) is 0 Å². The quantitative estimate of drug-likeness (QED) is 0.499. The van der Waals surface area contributed by atoms with Crippen LogP contribution in [0.25, 0.3) is 0 Å². The normalized spacial score (nSPS) is 37.4. The van der Waals surface area contributed by atoms with Crippen LogP contribution in [0.1, 0.15) is 39.5 Å². The molecule has 0 radical (unpaired) electrons. The van der Waals surface area contributed by atoms with Crippen molar-refractivity contribution in [2.75, 3.05) is 13.7 Å². The second-order valence-electron chi connectivity index (χ2n) is 4.30. The third-order valence-electron chi connectivity index (χ3n) is 3.46. The van der Waals surface area contributed by atoms with Crippen molar-refractivity contribution >= 4 is 0 Å². The average molecular weight is 198 g/mol. The van der Waals surface area contributed by atoms with E-state index < -0.39 is 0 Å². The molecule has 14 heavy (non-hydrogen) atoms. The molecule has 0 saturated heterocycles. The van der Waals surface area contributed by atoms with Crippen LogP contribution >= 0.6 is 0 Å². The smallest absolute Gasteiger partial charge is 0.173 e. The molecule has 1 rings (SSSR count). The van der Waals surface area contributed by atoms with Crippen LogP contribution in [-0.4, -0.2) is 19.5 Å². The standard InChI is InChI=1S/C12H22O2/c1-5-8-11(3)9-7-10-12(11,13-4)14-6-2/h5H,1,6-10H2,2-4H3. The Morgan fingerprint density at radius 2 is 2.14 bits per heavy atom. The number of hydrogen-bond donors (Lipinski definition) is 0. The Morgan fingerprint density at radius 1 is 1.43 bits per heavy atom. The van der Waals surface area contributed by atoms with Crippen LogP contribution in [0.4, 0.5) is 0 Å². The van der Waals surface area contributed by atoms with Gasteiger partial charge in [-0.2, -0.15) is 0 Å². The molecule has 0 amide bonds. The minimum absolute atomic E-state index is 0.0967. The topological polar surface area (TPSA) is 18.5 Å². The molecule has 2 unspecified atom stereocenters. The molecule has 0 aromatic rings. The second-order valence-corrected chi connectivity index (χ2v) is 4.30. The van der Waals surface area contributed by atoms with Crippen molar-refractivity contribution in [3.63, 3.8) is 0 Å². The molecule has 1 aliphatic carbocycles. The summed E-state index contributed by atoms with van der Waals surface area (Å²) in [5.74, 6) is -0.379. The van der Waals surface area contributed by atoms with Gasteiger partial charge in [-0.1, -0.05) is 13.0 Å². The van der Waals surface area contributed by atoms with Crippen molar-refractivity contribution in [1.29, 1.82) is 0 Å². The van der Waals surface area contributed by atoms with Crippen molar-refractivity contribution < 1.29 is 9.47 Å². The fourth-order valence-electron chi connectivity index (χ4n) is 2.67. The van der Waals surface area contributed by atoms with E-state index in [9.17, 15) is 0 Å². The van der Waals surface area contributed by atoms with Crippen molar-refractivity contribution in [2.24, 2.45) is 5.41 Å². The van der Waals surface area contributed by atoms with Crippen LogP contribution in [0.15, 0.2) is 12.7 Å². The van der Waals surface area contributed by atoms with Gasteiger partial charge in [0.05, 0.1) is 0 Å². The number of methoxy groups -OCH3 is 1. The van der Waals surface area contributed by atoms with E-state index in [1.165, 1.54) is 6.42 Å². The lowest BCUT2D eigenvalue weighted by Gasteiger charge is -2.41. The van der Waals surface area contributed by atoms with E-state index in [0.717, 1.165) is 19.3 Å². The van der Waals surface area contributed by atoms with E-state index in [4.69, 9.17) is 9.47 Å². The summed E-state index contributed by atoms with van der Waals surface area (Å²) in [6.45, 7) is 8.79. The highest BCUT2D eigenvalue weighted by molar-refractivity contribution is 4.99. The van der Waals surface area contributed by atoms with Gasteiger partial charge in [-0.05, 0) is 26.2 Å². The summed E-state index contributed by atoms with van der Waals surface area (Å²) in [6, 6.07) is 0. The monoisotopic (exact) mass is 198 g/mol. The molecule has 2 atom stereocenters. The molecule has 2 nitrogen and oxygen atoms in total. The first-order valence-electron chi connectivity index (χ1n) is 5.44. The van der Waals surface area contributed by atoms with Crippen molar-refractivity contribution in [1.82, 2.24) is 0 Å². The Balaban J connectivity index is 2.86. The summed E-state index contributed by atoms with van der Waals surface area (Å²) < 4.78 is 11.5. The third kappa shape index (κ3) is 1.73. The van der Waals surface area contributed by atoms with E-state index >= 15 is 0 Å². The maximum Gasteiger partial charge on any atom is 0.173 e. The van der Waals surface area contributed by atoms with Crippen LogP contribution < -0.4 is 0 Å². The lowest BCUT2D eigenvalue weighted by molar-refractivity contribution is -0.268. The van der Waals surface area contributed by atoms with E-state index in [-0.39, 0.29) is 11.2 Å². The van der Waals surface area contributed by atoms with Crippen LogP contribution in [-0.2, 0) is 9.47 Å². The molecule has 0 bridgehead atoms. The number of ether oxygens (including phenoxy) is 2. The zero-order chi connectivity index (χ0) is 10.7. The first kappa shape index (κ1) is 11.7. The van der Waals surface area contributed by atoms with Crippen molar-refractivity contribution in [2.45, 2.75) is 45.3 Å². The lowest BCUT2D eigenvalue weighted by Crippen LogP contribution is -2.46. The van der Waals surface area contributed by atoms with Crippen LogP contribution in [0.2, 0.25) is 0 Å². The molecule has 0 N–H and O–H groups in total. The maximum atomic E-state index is 5.84. The Bertz CT molecular complexity index is 202. The highest BCUT2D eigenvalue weighted by Crippen LogP contribution is 2.51. The predicted octanol–water partition coefficient (Wildman–Crippen LogP) is 3.13. The molecule has 0 aromatic heterocycles. The van der Waals surface area contributed by atoms with E-state index in [0.29, 0.717) is 6.61 Å². The van der Waals surface area contributed by atoms with E-state index in [1.807, 2.05) is 13.0 Å². The zero-order valence-electron chi connectivity index (χ0n) is 9.64. The van der Waals surface area contributed by atoms with Gasteiger partial charge in [0.1, 0.15) is 0 Å². The fourth-order valence-corrected chi connectivity index (χ4v) is 2.67. The highest BCUT2D eigenvalue weighted by atomic mass is 16.7. The molecule has 1 saturated carbocycles. The molecule has 0 heterocycles. The highest BCUT2D eigenvalue weighted by Gasteiger charge is 2.52. The average Bonchev–Trinajstić information content (AvgIpc) is 2.46. The Hall–Kier alpha value is -0.340. The van der Waals surface area contributed by atoms with Crippen molar-refractivity contribution in [3.8, 4) is 0 Å². The molecule has 82 valence electrons. The largest absolute Gasteiger partial charge is 0.353 e. The minimum atomic E-state index is -0.379. The molecule has 2 heteroatoms. The van der Waals surface area contributed by atoms with Crippen LogP contribution in [0, 0.1) is 5.41 Å². The SMILES string of the molecule is C=CCC1(C)CCCC1(OC)OCC. The summed E-state index contributed by atoms with van der Waals surface area (Å²) in [4.78, 5) is 0. The molecule has 1 aliphatic rings. The van der Waals surface area contributed by atoms with Gasteiger partial charge in [0, 0.05) is 25.6 Å². The minimum Gasteiger partial charge on any atom is -0.353 e. The molecule has 0 spiro atoms. The van der Waals surface area contributed by atoms with Gasteiger partial charge in [0.15, 0.2) is 5.79 Å². The molecule has 0 aromatic carbocycles.